The molecular formula is C15H21ClFNO. The van der Waals surface area contributed by atoms with Crippen molar-refractivity contribution in [2.75, 3.05) is 6.61 Å². The van der Waals surface area contributed by atoms with Gasteiger partial charge in [-0.15, -0.1) is 0 Å². The van der Waals surface area contributed by atoms with Crippen molar-refractivity contribution in [1.29, 1.82) is 0 Å². The second kappa shape index (κ2) is 6.21. The zero-order chi connectivity index (χ0) is 13.9. The van der Waals surface area contributed by atoms with Gasteiger partial charge in [0.2, 0.25) is 0 Å². The van der Waals surface area contributed by atoms with Crippen LogP contribution in [0.5, 0.6) is 0 Å². The topological polar surface area (TPSA) is 32.3 Å². The number of aliphatic hydroxyl groups excluding tert-OH is 1. The molecule has 106 valence electrons. The normalized spacial score (nSPS) is 27.5. The van der Waals surface area contributed by atoms with Gasteiger partial charge < -0.3 is 10.4 Å². The highest BCUT2D eigenvalue weighted by Gasteiger charge is 2.33. The molecule has 0 heterocycles. The molecule has 0 saturated heterocycles. The molecule has 1 saturated carbocycles. The Morgan fingerprint density at radius 3 is 2.74 bits per heavy atom. The molecule has 1 aliphatic rings. The van der Waals surface area contributed by atoms with Gasteiger partial charge in [0.1, 0.15) is 5.82 Å². The third-order valence-electron chi connectivity index (χ3n) is 4.20. The maximum Gasteiger partial charge on any atom is 0.123 e. The van der Waals surface area contributed by atoms with Crippen molar-refractivity contribution in [2.24, 2.45) is 5.92 Å². The zero-order valence-corrected chi connectivity index (χ0v) is 12.0. The Morgan fingerprint density at radius 1 is 1.42 bits per heavy atom. The van der Waals surface area contributed by atoms with Crippen molar-refractivity contribution in [3.8, 4) is 0 Å². The Hall–Kier alpha value is -0.640. The first-order chi connectivity index (χ1) is 9.04. The number of hydrogen-bond donors (Lipinski definition) is 2. The number of nitrogens with one attached hydrogen (secondary N) is 1. The predicted molar refractivity (Wildman–Crippen MR) is 75.7 cm³/mol. The van der Waals surface area contributed by atoms with Crippen molar-refractivity contribution in [1.82, 2.24) is 5.32 Å². The molecule has 0 radical (unpaired) electrons. The van der Waals surface area contributed by atoms with Gasteiger partial charge in [-0.1, -0.05) is 18.5 Å². The monoisotopic (exact) mass is 285 g/mol. The molecule has 0 atom stereocenters. The molecule has 0 aliphatic heterocycles. The van der Waals surface area contributed by atoms with Gasteiger partial charge in [-0.25, -0.2) is 4.39 Å². The molecule has 0 amide bonds. The van der Waals surface area contributed by atoms with E-state index in [0.717, 1.165) is 37.2 Å². The fraction of sp³-hybridized carbons (Fsp3) is 0.600. The lowest BCUT2D eigenvalue weighted by Crippen LogP contribution is -2.50. The first-order valence-electron chi connectivity index (χ1n) is 6.84. The second-order valence-corrected chi connectivity index (χ2v) is 6.12. The summed E-state index contributed by atoms with van der Waals surface area (Å²) in [6.45, 7) is 2.85. The number of benzene rings is 1. The summed E-state index contributed by atoms with van der Waals surface area (Å²) in [7, 11) is 0. The average molecular weight is 286 g/mol. The highest BCUT2D eigenvalue weighted by Crippen LogP contribution is 2.32. The molecule has 19 heavy (non-hydrogen) atoms. The standard InChI is InChI=1S/C15H21ClFNO/c1-11-4-6-15(10-19,7-5-11)18-9-12-8-13(17)2-3-14(12)16/h2-3,8,11,18-19H,4-7,9-10H2,1H3. The molecule has 1 fully saturated rings. The van der Waals surface area contributed by atoms with Crippen LogP contribution in [-0.4, -0.2) is 17.3 Å². The fourth-order valence-corrected chi connectivity index (χ4v) is 2.85. The van der Waals surface area contributed by atoms with E-state index >= 15 is 0 Å². The predicted octanol–water partition coefficient (Wildman–Crippen LogP) is 3.51. The van der Waals surface area contributed by atoms with E-state index in [4.69, 9.17) is 11.6 Å². The maximum atomic E-state index is 13.2. The molecule has 1 aliphatic carbocycles. The van der Waals surface area contributed by atoms with E-state index in [1.165, 1.54) is 12.1 Å². The van der Waals surface area contributed by atoms with E-state index in [1.807, 2.05) is 0 Å². The SMILES string of the molecule is CC1CCC(CO)(NCc2cc(F)ccc2Cl)CC1. The van der Waals surface area contributed by atoms with Gasteiger partial charge in [0, 0.05) is 17.1 Å². The van der Waals surface area contributed by atoms with Crippen LogP contribution in [0.1, 0.15) is 38.2 Å². The molecule has 0 aromatic heterocycles. The summed E-state index contributed by atoms with van der Waals surface area (Å²) in [6, 6.07) is 4.38. The van der Waals surface area contributed by atoms with Crippen molar-refractivity contribution < 1.29 is 9.50 Å². The van der Waals surface area contributed by atoms with Crippen molar-refractivity contribution in [3.05, 3.63) is 34.6 Å². The number of halogens is 2. The lowest BCUT2D eigenvalue weighted by molar-refractivity contribution is 0.104. The molecule has 1 aromatic rings. The largest absolute Gasteiger partial charge is 0.394 e. The summed E-state index contributed by atoms with van der Waals surface area (Å²) in [4.78, 5) is 0. The Balaban J connectivity index is 2.01. The average Bonchev–Trinajstić information content (AvgIpc) is 2.42. The van der Waals surface area contributed by atoms with Crippen LogP contribution in [0.15, 0.2) is 18.2 Å². The lowest BCUT2D eigenvalue weighted by Gasteiger charge is -2.39. The van der Waals surface area contributed by atoms with Crippen molar-refractivity contribution >= 4 is 11.6 Å². The summed E-state index contributed by atoms with van der Waals surface area (Å²) in [5.74, 6) is 0.441. The van der Waals surface area contributed by atoms with E-state index in [-0.39, 0.29) is 18.0 Å². The van der Waals surface area contributed by atoms with Gasteiger partial charge >= 0.3 is 0 Å². The summed E-state index contributed by atoms with van der Waals surface area (Å²) >= 11 is 6.06. The van der Waals surface area contributed by atoms with Crippen LogP contribution in [0.2, 0.25) is 5.02 Å². The Bertz CT molecular complexity index is 430. The Morgan fingerprint density at radius 2 is 2.11 bits per heavy atom. The summed E-state index contributed by atoms with van der Waals surface area (Å²) < 4.78 is 13.2. The first kappa shape index (κ1) is 14.8. The van der Waals surface area contributed by atoms with Crippen LogP contribution in [0.4, 0.5) is 4.39 Å². The molecule has 1 aromatic carbocycles. The minimum Gasteiger partial charge on any atom is -0.394 e. The Kier molecular flexibility index (Phi) is 4.82. The highest BCUT2D eigenvalue weighted by atomic mass is 35.5. The molecule has 4 heteroatoms. The molecular weight excluding hydrogens is 265 g/mol. The van der Waals surface area contributed by atoms with E-state index in [9.17, 15) is 9.50 Å². The van der Waals surface area contributed by atoms with Crippen LogP contribution >= 0.6 is 11.6 Å². The second-order valence-electron chi connectivity index (χ2n) is 5.71. The van der Waals surface area contributed by atoms with Gasteiger partial charge in [-0.2, -0.15) is 0 Å². The molecule has 2 N–H and O–H groups in total. The third kappa shape index (κ3) is 3.68. The first-order valence-corrected chi connectivity index (χ1v) is 7.22. The molecule has 2 rings (SSSR count). The molecule has 2 nitrogen and oxygen atoms in total. The third-order valence-corrected chi connectivity index (χ3v) is 4.56. The van der Waals surface area contributed by atoms with Gasteiger partial charge in [0.25, 0.3) is 0 Å². The summed E-state index contributed by atoms with van der Waals surface area (Å²) in [6.07, 6.45) is 4.14. The molecule has 0 unspecified atom stereocenters. The number of rotatable bonds is 4. The highest BCUT2D eigenvalue weighted by molar-refractivity contribution is 6.31. The number of aliphatic hydroxyl groups is 1. The quantitative estimate of drug-likeness (QED) is 0.887. The molecule has 0 spiro atoms. The maximum absolute atomic E-state index is 13.2. The minimum absolute atomic E-state index is 0.118. The smallest absolute Gasteiger partial charge is 0.123 e. The summed E-state index contributed by atoms with van der Waals surface area (Å²) in [5.41, 5.74) is 0.510. The summed E-state index contributed by atoms with van der Waals surface area (Å²) in [5, 5.41) is 13.6. The van der Waals surface area contributed by atoms with E-state index in [2.05, 4.69) is 12.2 Å². The molecule has 0 bridgehead atoms. The van der Waals surface area contributed by atoms with Gasteiger partial charge in [-0.05, 0) is 55.4 Å². The van der Waals surface area contributed by atoms with Crippen LogP contribution < -0.4 is 5.32 Å². The van der Waals surface area contributed by atoms with Crippen LogP contribution in [-0.2, 0) is 6.54 Å². The number of hydrogen-bond acceptors (Lipinski definition) is 2. The van der Waals surface area contributed by atoms with Crippen LogP contribution in [0, 0.1) is 11.7 Å². The Labute approximate surface area is 119 Å². The lowest BCUT2D eigenvalue weighted by atomic mass is 9.77. The zero-order valence-electron chi connectivity index (χ0n) is 11.3. The van der Waals surface area contributed by atoms with Crippen LogP contribution in [0.3, 0.4) is 0 Å². The van der Waals surface area contributed by atoms with E-state index in [1.54, 1.807) is 6.07 Å². The van der Waals surface area contributed by atoms with E-state index < -0.39 is 0 Å². The fourth-order valence-electron chi connectivity index (χ4n) is 2.67. The van der Waals surface area contributed by atoms with Gasteiger partial charge in [0.15, 0.2) is 0 Å². The van der Waals surface area contributed by atoms with Gasteiger partial charge in [-0.3, -0.25) is 0 Å². The van der Waals surface area contributed by atoms with E-state index in [0.29, 0.717) is 11.6 Å². The van der Waals surface area contributed by atoms with Crippen LogP contribution in [0.25, 0.3) is 0 Å². The minimum atomic E-state index is -0.281. The van der Waals surface area contributed by atoms with Crippen molar-refractivity contribution in [2.45, 2.75) is 44.7 Å². The van der Waals surface area contributed by atoms with Gasteiger partial charge in [0.05, 0.1) is 6.61 Å². The van der Waals surface area contributed by atoms with Crippen molar-refractivity contribution in [3.63, 3.8) is 0 Å².